The van der Waals surface area contributed by atoms with Gasteiger partial charge in [0.2, 0.25) is 5.88 Å². The summed E-state index contributed by atoms with van der Waals surface area (Å²) in [6.45, 7) is -0.548. The SMILES string of the molecule is COC(=O)CC[C@@H](COC(=O)Nc1cc(-c2ccccc2)no1)N(C)C(=O)NCc1cccc(F)c1F. The van der Waals surface area contributed by atoms with Crippen molar-refractivity contribution in [3.8, 4) is 11.3 Å². The van der Waals surface area contributed by atoms with Crippen molar-refractivity contribution in [1.29, 1.82) is 0 Å². The van der Waals surface area contributed by atoms with E-state index in [4.69, 9.17) is 9.26 Å². The topological polar surface area (TPSA) is 123 Å². The van der Waals surface area contributed by atoms with Crippen molar-refractivity contribution < 1.29 is 37.2 Å². The van der Waals surface area contributed by atoms with Gasteiger partial charge < -0.3 is 24.2 Å². The molecule has 0 saturated heterocycles. The number of hydrogen-bond donors (Lipinski definition) is 2. The maximum atomic E-state index is 13.9. The molecule has 0 radical (unpaired) electrons. The van der Waals surface area contributed by atoms with Crippen LogP contribution in [0.4, 0.5) is 24.3 Å². The quantitative estimate of drug-likeness (QED) is 0.385. The number of nitrogens with one attached hydrogen (secondary N) is 2. The average molecular weight is 517 g/mol. The predicted octanol–water partition coefficient (Wildman–Crippen LogP) is 4.33. The minimum Gasteiger partial charge on any atom is -0.469 e. The van der Waals surface area contributed by atoms with E-state index in [1.54, 1.807) is 0 Å². The van der Waals surface area contributed by atoms with Gasteiger partial charge in [0.25, 0.3) is 0 Å². The second kappa shape index (κ2) is 13.0. The molecule has 37 heavy (non-hydrogen) atoms. The van der Waals surface area contributed by atoms with Gasteiger partial charge in [-0.25, -0.2) is 18.4 Å². The number of methoxy groups -OCH3 is 1. The second-order valence-corrected chi connectivity index (χ2v) is 7.92. The van der Waals surface area contributed by atoms with Crippen molar-refractivity contribution in [3.63, 3.8) is 0 Å². The molecule has 1 atom stereocenters. The van der Waals surface area contributed by atoms with Crippen LogP contribution in [0.5, 0.6) is 0 Å². The molecule has 0 spiro atoms. The van der Waals surface area contributed by atoms with Gasteiger partial charge in [-0.1, -0.05) is 47.6 Å². The summed E-state index contributed by atoms with van der Waals surface area (Å²) >= 11 is 0. The van der Waals surface area contributed by atoms with Crippen LogP contribution in [0.25, 0.3) is 11.3 Å². The lowest BCUT2D eigenvalue weighted by atomic mass is 10.1. The molecule has 3 rings (SSSR count). The summed E-state index contributed by atoms with van der Waals surface area (Å²) in [5.74, 6) is -2.55. The van der Waals surface area contributed by atoms with E-state index >= 15 is 0 Å². The third-order valence-corrected chi connectivity index (χ3v) is 5.45. The van der Waals surface area contributed by atoms with Gasteiger partial charge in [-0.15, -0.1) is 0 Å². The number of carbonyl (C=O) groups is 3. The summed E-state index contributed by atoms with van der Waals surface area (Å²) in [6.07, 6.45) is -0.807. The Balaban J connectivity index is 1.58. The monoisotopic (exact) mass is 516 g/mol. The molecule has 0 aliphatic rings. The number of anilines is 1. The highest BCUT2D eigenvalue weighted by Crippen LogP contribution is 2.21. The molecule has 12 heteroatoms. The first-order valence-corrected chi connectivity index (χ1v) is 11.2. The number of amides is 3. The lowest BCUT2D eigenvalue weighted by Gasteiger charge is -2.28. The standard InChI is InChI=1S/C25H26F2N4O6/c1-31(24(33)28-14-17-9-6-10-19(26)23(17)27)18(11-12-22(32)35-2)15-36-25(34)29-21-13-20(30-37-21)16-7-4-3-5-8-16/h3-10,13,18H,11-12,14-15H2,1-2H3,(H,28,33)(H,29,34)/t18-/m0/s1. The smallest absolute Gasteiger partial charge is 0.414 e. The van der Waals surface area contributed by atoms with Crippen LogP contribution in [-0.4, -0.2) is 55.0 Å². The Labute approximate surface area is 211 Å². The summed E-state index contributed by atoms with van der Waals surface area (Å²) < 4.78 is 42.3. The minimum absolute atomic E-state index is 0.0367. The fourth-order valence-corrected chi connectivity index (χ4v) is 3.31. The van der Waals surface area contributed by atoms with Crippen LogP contribution in [0.2, 0.25) is 0 Å². The summed E-state index contributed by atoms with van der Waals surface area (Å²) in [5, 5.41) is 8.78. The number of ether oxygens (including phenoxy) is 2. The van der Waals surface area contributed by atoms with Gasteiger partial charge in [0.15, 0.2) is 11.6 Å². The molecule has 0 aliphatic carbocycles. The fraction of sp³-hybridized carbons (Fsp3) is 0.280. The van der Waals surface area contributed by atoms with Crippen LogP contribution in [0.3, 0.4) is 0 Å². The van der Waals surface area contributed by atoms with Gasteiger partial charge in [0, 0.05) is 37.2 Å². The molecule has 2 aromatic carbocycles. The summed E-state index contributed by atoms with van der Waals surface area (Å²) in [5.41, 5.74) is 1.27. The number of esters is 1. The van der Waals surface area contributed by atoms with E-state index in [-0.39, 0.29) is 37.4 Å². The van der Waals surface area contributed by atoms with Gasteiger partial charge in [-0.05, 0) is 12.5 Å². The molecule has 1 aromatic heterocycles. The van der Waals surface area contributed by atoms with Gasteiger partial charge in [-0.2, -0.15) is 0 Å². The third-order valence-electron chi connectivity index (χ3n) is 5.45. The highest BCUT2D eigenvalue weighted by Gasteiger charge is 2.24. The van der Waals surface area contributed by atoms with E-state index in [9.17, 15) is 23.2 Å². The molecule has 3 amide bonds. The van der Waals surface area contributed by atoms with Crippen LogP contribution in [0.15, 0.2) is 59.1 Å². The predicted molar refractivity (Wildman–Crippen MR) is 128 cm³/mol. The Morgan fingerprint density at radius 2 is 1.86 bits per heavy atom. The van der Waals surface area contributed by atoms with Gasteiger partial charge in [-0.3, -0.25) is 10.1 Å². The molecule has 3 aromatic rings. The molecular formula is C25H26F2N4O6. The molecule has 0 saturated carbocycles. The Bertz CT molecular complexity index is 1220. The number of rotatable bonds is 10. The van der Waals surface area contributed by atoms with Crippen molar-refractivity contribution in [2.75, 3.05) is 26.1 Å². The third kappa shape index (κ3) is 7.75. The van der Waals surface area contributed by atoms with E-state index in [0.29, 0.717) is 5.69 Å². The first kappa shape index (κ1) is 27.1. The molecule has 10 nitrogen and oxygen atoms in total. The van der Waals surface area contributed by atoms with Crippen LogP contribution in [0.1, 0.15) is 18.4 Å². The molecule has 0 bridgehead atoms. The summed E-state index contributed by atoms with van der Waals surface area (Å²) in [4.78, 5) is 37.8. The van der Waals surface area contributed by atoms with Gasteiger partial charge >= 0.3 is 18.1 Å². The number of carbonyl (C=O) groups excluding carboxylic acids is 3. The van der Waals surface area contributed by atoms with Gasteiger partial charge in [0.1, 0.15) is 12.3 Å². The number of hydrogen-bond acceptors (Lipinski definition) is 7. The number of nitrogens with zero attached hydrogens (tertiary/aromatic N) is 2. The van der Waals surface area contributed by atoms with Crippen molar-refractivity contribution in [2.24, 2.45) is 0 Å². The van der Waals surface area contributed by atoms with E-state index in [1.807, 2.05) is 30.3 Å². The van der Waals surface area contributed by atoms with Crippen molar-refractivity contribution in [2.45, 2.75) is 25.4 Å². The maximum absolute atomic E-state index is 13.9. The van der Waals surface area contributed by atoms with E-state index in [2.05, 4.69) is 20.5 Å². The number of likely N-dealkylation sites (N-methyl/N-ethyl adjacent to an activating group) is 1. The average Bonchev–Trinajstić information content (AvgIpc) is 3.37. The minimum atomic E-state index is -1.06. The van der Waals surface area contributed by atoms with Crippen molar-refractivity contribution in [1.82, 2.24) is 15.4 Å². The van der Waals surface area contributed by atoms with Gasteiger partial charge in [0.05, 0.1) is 13.2 Å². The fourth-order valence-electron chi connectivity index (χ4n) is 3.31. The number of benzene rings is 2. The molecule has 0 fully saturated rings. The molecular weight excluding hydrogens is 490 g/mol. The van der Waals surface area contributed by atoms with E-state index in [1.165, 1.54) is 37.3 Å². The normalized spacial score (nSPS) is 11.4. The molecule has 196 valence electrons. The molecule has 0 aliphatic heterocycles. The van der Waals surface area contributed by atoms with Crippen molar-refractivity contribution >= 4 is 24.0 Å². The van der Waals surface area contributed by atoms with E-state index < -0.39 is 35.8 Å². The Kier molecular flexibility index (Phi) is 9.53. The highest BCUT2D eigenvalue weighted by molar-refractivity contribution is 5.83. The molecule has 0 unspecified atom stereocenters. The maximum Gasteiger partial charge on any atom is 0.414 e. The number of halogens is 2. The first-order valence-electron chi connectivity index (χ1n) is 11.2. The lowest BCUT2D eigenvalue weighted by Crippen LogP contribution is -2.46. The Morgan fingerprint density at radius 3 is 2.59 bits per heavy atom. The number of urea groups is 1. The van der Waals surface area contributed by atoms with Crippen LogP contribution in [0, 0.1) is 11.6 Å². The zero-order valence-corrected chi connectivity index (χ0v) is 20.2. The zero-order valence-electron chi connectivity index (χ0n) is 20.2. The summed E-state index contributed by atoms with van der Waals surface area (Å²) in [6, 6.07) is 13.0. The zero-order chi connectivity index (χ0) is 26.8. The van der Waals surface area contributed by atoms with E-state index in [0.717, 1.165) is 11.6 Å². The Hall–Kier alpha value is -4.48. The van der Waals surface area contributed by atoms with Crippen LogP contribution in [-0.2, 0) is 20.8 Å². The lowest BCUT2D eigenvalue weighted by molar-refractivity contribution is -0.141. The number of aromatic nitrogens is 1. The van der Waals surface area contributed by atoms with Crippen LogP contribution < -0.4 is 10.6 Å². The summed E-state index contributed by atoms with van der Waals surface area (Å²) in [7, 11) is 2.65. The Morgan fingerprint density at radius 1 is 1.11 bits per heavy atom. The molecule has 1 heterocycles. The second-order valence-electron chi connectivity index (χ2n) is 7.92. The molecule has 2 N–H and O–H groups in total. The van der Waals surface area contributed by atoms with Crippen molar-refractivity contribution in [3.05, 3.63) is 71.8 Å². The van der Waals surface area contributed by atoms with Crippen LogP contribution >= 0.6 is 0 Å². The first-order chi connectivity index (χ1) is 17.8. The largest absolute Gasteiger partial charge is 0.469 e. The highest BCUT2D eigenvalue weighted by atomic mass is 19.2.